The second-order valence-corrected chi connectivity index (χ2v) is 3.40. The van der Waals surface area contributed by atoms with Crippen molar-refractivity contribution >= 4 is 0 Å². The fourth-order valence-electron chi connectivity index (χ4n) is 1.36. The van der Waals surface area contributed by atoms with Gasteiger partial charge in [0.15, 0.2) is 0 Å². The first-order chi connectivity index (χ1) is 6.77. The standard InChI is InChI=1S/C11H19NO2/c1-4-5-12-7-11-6-10(8-13-3)9(2)14-11/h6,12H,4-5,7-8H2,1-3H3. The fourth-order valence-corrected chi connectivity index (χ4v) is 1.36. The Kier molecular flexibility index (Phi) is 4.70. The lowest BCUT2D eigenvalue weighted by molar-refractivity contribution is 0.183. The summed E-state index contributed by atoms with van der Waals surface area (Å²) in [6, 6.07) is 2.06. The van der Waals surface area contributed by atoms with Gasteiger partial charge in [0.05, 0.1) is 13.2 Å². The van der Waals surface area contributed by atoms with Crippen molar-refractivity contribution in [1.82, 2.24) is 5.32 Å². The highest BCUT2D eigenvalue weighted by molar-refractivity contribution is 5.19. The first-order valence-electron chi connectivity index (χ1n) is 5.05. The second kappa shape index (κ2) is 5.83. The highest BCUT2D eigenvalue weighted by atomic mass is 16.5. The highest BCUT2D eigenvalue weighted by Gasteiger charge is 2.05. The van der Waals surface area contributed by atoms with Gasteiger partial charge in [0, 0.05) is 12.7 Å². The number of nitrogens with one attached hydrogen (secondary N) is 1. The van der Waals surface area contributed by atoms with Crippen LogP contribution in [0.25, 0.3) is 0 Å². The van der Waals surface area contributed by atoms with Crippen LogP contribution < -0.4 is 5.32 Å². The van der Waals surface area contributed by atoms with Crippen molar-refractivity contribution in [2.24, 2.45) is 0 Å². The molecule has 0 unspecified atom stereocenters. The number of hydrogen-bond acceptors (Lipinski definition) is 3. The molecule has 1 N–H and O–H groups in total. The van der Waals surface area contributed by atoms with Crippen molar-refractivity contribution in [3.05, 3.63) is 23.2 Å². The number of aryl methyl sites for hydroxylation is 1. The Morgan fingerprint density at radius 3 is 2.93 bits per heavy atom. The predicted octanol–water partition coefficient (Wildman–Crippen LogP) is 2.23. The molecule has 0 fully saturated rings. The smallest absolute Gasteiger partial charge is 0.118 e. The Bertz CT molecular complexity index is 268. The van der Waals surface area contributed by atoms with Crippen LogP contribution in [-0.4, -0.2) is 13.7 Å². The molecule has 0 spiro atoms. The molecule has 0 atom stereocenters. The van der Waals surface area contributed by atoms with Crippen molar-refractivity contribution < 1.29 is 9.15 Å². The molecule has 0 saturated carbocycles. The SMILES string of the molecule is CCCNCc1cc(COC)c(C)o1. The molecule has 1 aromatic heterocycles. The van der Waals surface area contributed by atoms with Crippen LogP contribution >= 0.6 is 0 Å². The third-order valence-corrected chi connectivity index (χ3v) is 2.10. The normalized spacial score (nSPS) is 10.8. The summed E-state index contributed by atoms with van der Waals surface area (Å²) in [5.74, 6) is 1.95. The van der Waals surface area contributed by atoms with Gasteiger partial charge in [-0.05, 0) is 26.0 Å². The average Bonchev–Trinajstić information content (AvgIpc) is 2.49. The van der Waals surface area contributed by atoms with Crippen molar-refractivity contribution in [2.75, 3.05) is 13.7 Å². The zero-order valence-electron chi connectivity index (χ0n) is 9.22. The van der Waals surface area contributed by atoms with Crippen molar-refractivity contribution in [1.29, 1.82) is 0 Å². The molecular formula is C11H19NO2. The maximum atomic E-state index is 5.57. The van der Waals surface area contributed by atoms with E-state index in [0.29, 0.717) is 6.61 Å². The van der Waals surface area contributed by atoms with Crippen molar-refractivity contribution in [3.63, 3.8) is 0 Å². The lowest BCUT2D eigenvalue weighted by Crippen LogP contribution is -2.13. The van der Waals surface area contributed by atoms with E-state index in [2.05, 4.69) is 18.3 Å². The zero-order chi connectivity index (χ0) is 10.4. The predicted molar refractivity (Wildman–Crippen MR) is 56.2 cm³/mol. The minimum absolute atomic E-state index is 0.628. The maximum absolute atomic E-state index is 5.57. The van der Waals surface area contributed by atoms with Gasteiger partial charge in [-0.3, -0.25) is 0 Å². The van der Waals surface area contributed by atoms with Gasteiger partial charge in [0.1, 0.15) is 11.5 Å². The van der Waals surface area contributed by atoms with E-state index in [-0.39, 0.29) is 0 Å². The molecule has 1 heterocycles. The summed E-state index contributed by atoms with van der Waals surface area (Å²) in [7, 11) is 1.70. The zero-order valence-corrected chi connectivity index (χ0v) is 9.22. The largest absolute Gasteiger partial charge is 0.465 e. The Hall–Kier alpha value is -0.800. The summed E-state index contributed by atoms with van der Waals surface area (Å²) < 4.78 is 10.6. The molecule has 14 heavy (non-hydrogen) atoms. The molecule has 0 bridgehead atoms. The Labute approximate surface area is 85.4 Å². The minimum Gasteiger partial charge on any atom is -0.465 e. The molecule has 1 aromatic rings. The van der Waals surface area contributed by atoms with E-state index >= 15 is 0 Å². The number of methoxy groups -OCH3 is 1. The van der Waals surface area contributed by atoms with Gasteiger partial charge in [-0.1, -0.05) is 6.92 Å². The molecule has 0 aliphatic carbocycles. The van der Waals surface area contributed by atoms with E-state index in [9.17, 15) is 0 Å². The first-order valence-corrected chi connectivity index (χ1v) is 5.05. The van der Waals surface area contributed by atoms with E-state index in [1.807, 2.05) is 6.92 Å². The molecule has 0 saturated heterocycles. The van der Waals surface area contributed by atoms with Crippen molar-refractivity contribution in [3.8, 4) is 0 Å². The molecular weight excluding hydrogens is 178 g/mol. The Balaban J connectivity index is 2.48. The fraction of sp³-hybridized carbons (Fsp3) is 0.636. The van der Waals surface area contributed by atoms with Gasteiger partial charge in [-0.25, -0.2) is 0 Å². The molecule has 1 rings (SSSR count). The van der Waals surface area contributed by atoms with E-state index in [1.165, 1.54) is 0 Å². The molecule has 0 aromatic carbocycles. The second-order valence-electron chi connectivity index (χ2n) is 3.40. The van der Waals surface area contributed by atoms with Gasteiger partial charge in [0.25, 0.3) is 0 Å². The van der Waals surface area contributed by atoms with Gasteiger partial charge in [-0.2, -0.15) is 0 Å². The summed E-state index contributed by atoms with van der Waals surface area (Å²) in [4.78, 5) is 0. The van der Waals surface area contributed by atoms with Crippen LogP contribution in [0.2, 0.25) is 0 Å². The van der Waals surface area contributed by atoms with E-state index < -0.39 is 0 Å². The van der Waals surface area contributed by atoms with Crippen LogP contribution in [0.3, 0.4) is 0 Å². The summed E-state index contributed by atoms with van der Waals surface area (Å²) in [6.45, 7) is 6.58. The molecule has 0 amide bonds. The molecule has 3 nitrogen and oxygen atoms in total. The monoisotopic (exact) mass is 197 g/mol. The summed E-state index contributed by atoms with van der Waals surface area (Å²) in [5, 5.41) is 3.30. The lowest BCUT2D eigenvalue weighted by atomic mass is 10.2. The van der Waals surface area contributed by atoms with Gasteiger partial charge >= 0.3 is 0 Å². The lowest BCUT2D eigenvalue weighted by Gasteiger charge is -1.97. The topological polar surface area (TPSA) is 34.4 Å². The molecule has 80 valence electrons. The third kappa shape index (κ3) is 3.16. The molecule has 0 aliphatic rings. The summed E-state index contributed by atoms with van der Waals surface area (Å²) in [5.41, 5.74) is 1.14. The molecule has 0 aliphatic heterocycles. The summed E-state index contributed by atoms with van der Waals surface area (Å²) in [6.07, 6.45) is 1.14. The van der Waals surface area contributed by atoms with E-state index in [4.69, 9.17) is 9.15 Å². The maximum Gasteiger partial charge on any atom is 0.118 e. The van der Waals surface area contributed by atoms with Gasteiger partial charge in [-0.15, -0.1) is 0 Å². The van der Waals surface area contributed by atoms with Crippen LogP contribution in [0.1, 0.15) is 30.4 Å². The van der Waals surface area contributed by atoms with Crippen LogP contribution in [0.4, 0.5) is 0 Å². The number of rotatable bonds is 6. The highest BCUT2D eigenvalue weighted by Crippen LogP contribution is 2.15. The first kappa shape index (κ1) is 11.3. The minimum atomic E-state index is 0.628. The molecule has 3 heteroatoms. The van der Waals surface area contributed by atoms with Crippen molar-refractivity contribution in [2.45, 2.75) is 33.4 Å². The van der Waals surface area contributed by atoms with E-state index in [0.717, 1.165) is 36.6 Å². The van der Waals surface area contributed by atoms with Gasteiger partial charge in [0.2, 0.25) is 0 Å². The van der Waals surface area contributed by atoms with E-state index in [1.54, 1.807) is 7.11 Å². The number of hydrogen-bond donors (Lipinski definition) is 1. The third-order valence-electron chi connectivity index (χ3n) is 2.10. The van der Waals surface area contributed by atoms with Crippen LogP contribution in [-0.2, 0) is 17.9 Å². The van der Waals surface area contributed by atoms with Crippen LogP contribution in [0, 0.1) is 6.92 Å². The summed E-state index contributed by atoms with van der Waals surface area (Å²) >= 11 is 0. The van der Waals surface area contributed by atoms with Gasteiger partial charge < -0.3 is 14.5 Å². The number of ether oxygens (including phenoxy) is 1. The average molecular weight is 197 g/mol. The Morgan fingerprint density at radius 1 is 1.50 bits per heavy atom. The van der Waals surface area contributed by atoms with Crippen LogP contribution in [0.5, 0.6) is 0 Å². The Morgan fingerprint density at radius 2 is 2.29 bits per heavy atom. The molecule has 0 radical (unpaired) electrons. The quantitative estimate of drug-likeness (QED) is 0.710. The van der Waals surface area contributed by atoms with Crippen LogP contribution in [0.15, 0.2) is 10.5 Å². The number of furan rings is 1.